The molecular formula is C20H18O6. The number of carbonyl (C=O) groups excluding carboxylic acids is 1. The van der Waals surface area contributed by atoms with Crippen LogP contribution < -0.4 is 9.47 Å². The van der Waals surface area contributed by atoms with E-state index in [1.165, 1.54) is 18.2 Å². The Labute approximate surface area is 150 Å². The van der Waals surface area contributed by atoms with E-state index in [1.807, 2.05) is 26.0 Å². The minimum atomic E-state index is -1.71. The van der Waals surface area contributed by atoms with Crippen LogP contribution in [0.2, 0.25) is 0 Å². The molecule has 0 spiro atoms. The van der Waals surface area contributed by atoms with Crippen molar-refractivity contribution in [3.8, 4) is 11.5 Å². The van der Waals surface area contributed by atoms with Crippen molar-refractivity contribution in [1.29, 1.82) is 0 Å². The molecule has 6 heteroatoms. The first-order chi connectivity index (χ1) is 12.2. The summed E-state index contributed by atoms with van der Waals surface area (Å²) in [5, 5.41) is 22.4. The molecule has 1 aromatic rings. The van der Waals surface area contributed by atoms with E-state index in [0.29, 0.717) is 17.1 Å². The Kier molecular flexibility index (Phi) is 2.76. The molecule has 0 amide bonds. The Morgan fingerprint density at radius 1 is 1.12 bits per heavy atom. The number of hydrogen-bond acceptors (Lipinski definition) is 6. The van der Waals surface area contributed by atoms with Crippen molar-refractivity contribution < 1.29 is 29.2 Å². The van der Waals surface area contributed by atoms with Gasteiger partial charge in [0.1, 0.15) is 29.5 Å². The summed E-state index contributed by atoms with van der Waals surface area (Å²) in [6.07, 6.45) is 6.68. The summed E-state index contributed by atoms with van der Waals surface area (Å²) in [7, 11) is 0. The third-order valence-corrected chi connectivity index (χ3v) is 5.31. The smallest absolute Gasteiger partial charge is 0.181 e. The Morgan fingerprint density at radius 3 is 2.73 bits per heavy atom. The SMILES string of the molecule is CC1(C)C=Cc2cc3c(cc2O1)O[C@H]1C2(O)C=CC(=O)C=C2OC[C@@]31O. The fourth-order valence-corrected chi connectivity index (χ4v) is 3.96. The molecular weight excluding hydrogens is 336 g/mol. The molecule has 0 radical (unpaired) electrons. The number of benzene rings is 1. The van der Waals surface area contributed by atoms with Crippen molar-refractivity contribution in [2.24, 2.45) is 0 Å². The predicted octanol–water partition coefficient (Wildman–Crippen LogP) is 1.60. The summed E-state index contributed by atoms with van der Waals surface area (Å²) in [5.74, 6) is 0.902. The zero-order valence-electron chi connectivity index (χ0n) is 14.4. The van der Waals surface area contributed by atoms with Crippen LogP contribution in [0, 0.1) is 0 Å². The molecule has 6 nitrogen and oxygen atoms in total. The molecule has 3 heterocycles. The Balaban J connectivity index is 1.63. The number of ketones is 1. The van der Waals surface area contributed by atoms with Gasteiger partial charge in [-0.15, -0.1) is 0 Å². The highest BCUT2D eigenvalue weighted by Crippen LogP contribution is 2.53. The van der Waals surface area contributed by atoms with Crippen molar-refractivity contribution in [2.75, 3.05) is 6.61 Å². The molecule has 5 rings (SSSR count). The van der Waals surface area contributed by atoms with E-state index in [-0.39, 0.29) is 18.1 Å². The molecule has 3 aliphatic heterocycles. The highest BCUT2D eigenvalue weighted by molar-refractivity contribution is 6.01. The maximum atomic E-state index is 11.6. The average molecular weight is 354 g/mol. The molecule has 1 fully saturated rings. The maximum Gasteiger partial charge on any atom is 0.181 e. The zero-order valence-corrected chi connectivity index (χ0v) is 14.4. The minimum Gasteiger partial charge on any atom is -0.491 e. The first-order valence-corrected chi connectivity index (χ1v) is 8.48. The molecule has 3 atom stereocenters. The van der Waals surface area contributed by atoms with Gasteiger partial charge in [-0.05, 0) is 38.1 Å². The largest absolute Gasteiger partial charge is 0.491 e. The van der Waals surface area contributed by atoms with Gasteiger partial charge in [-0.2, -0.15) is 0 Å². The summed E-state index contributed by atoms with van der Waals surface area (Å²) in [6.45, 7) is 3.78. The number of allylic oxidation sites excluding steroid dienone is 2. The third kappa shape index (κ3) is 1.91. The van der Waals surface area contributed by atoms with Gasteiger partial charge in [0.2, 0.25) is 0 Å². The number of rotatable bonds is 0. The normalized spacial score (nSPS) is 35.2. The highest BCUT2D eigenvalue weighted by Gasteiger charge is 2.63. The lowest BCUT2D eigenvalue weighted by Gasteiger charge is -2.45. The van der Waals surface area contributed by atoms with Crippen LogP contribution in [0.4, 0.5) is 0 Å². The molecule has 0 bridgehead atoms. The lowest BCUT2D eigenvalue weighted by Crippen LogP contribution is -2.61. The second-order valence-corrected chi connectivity index (χ2v) is 7.71. The molecule has 1 unspecified atom stereocenters. The Hall–Kier alpha value is -2.57. The van der Waals surface area contributed by atoms with Crippen LogP contribution in [0.25, 0.3) is 6.08 Å². The van der Waals surface area contributed by atoms with Crippen molar-refractivity contribution in [1.82, 2.24) is 0 Å². The standard InChI is InChI=1S/C20H18O6/c1-18(2)5-3-11-7-13-15(9-14(11)26-18)25-17-19(22)6-4-12(21)8-16(19)24-10-20(13,17)23/h3-9,17,22-23H,10H2,1-2H3/t17-,19?,20+/m0/s1. The Bertz CT molecular complexity index is 940. The molecule has 4 aliphatic rings. The monoisotopic (exact) mass is 354 g/mol. The van der Waals surface area contributed by atoms with Crippen LogP contribution in [-0.2, 0) is 15.1 Å². The fraction of sp³-hybridized carbons (Fsp3) is 0.350. The van der Waals surface area contributed by atoms with E-state index in [2.05, 4.69) is 0 Å². The number of carbonyl (C=O) groups is 1. The van der Waals surface area contributed by atoms with E-state index >= 15 is 0 Å². The summed E-state index contributed by atoms with van der Waals surface area (Å²) < 4.78 is 17.5. The summed E-state index contributed by atoms with van der Waals surface area (Å²) in [4.78, 5) is 11.6. The minimum absolute atomic E-state index is 0.0922. The molecule has 0 aromatic heterocycles. The van der Waals surface area contributed by atoms with Gasteiger partial charge in [-0.3, -0.25) is 4.79 Å². The van der Waals surface area contributed by atoms with E-state index in [9.17, 15) is 15.0 Å². The molecule has 134 valence electrons. The van der Waals surface area contributed by atoms with Gasteiger partial charge in [0.05, 0.1) is 0 Å². The van der Waals surface area contributed by atoms with Crippen molar-refractivity contribution in [3.63, 3.8) is 0 Å². The predicted molar refractivity (Wildman–Crippen MR) is 91.6 cm³/mol. The van der Waals surface area contributed by atoms with Crippen LogP contribution in [-0.4, -0.2) is 39.9 Å². The second kappa shape index (κ2) is 4.58. The number of aliphatic hydroxyl groups is 2. The lowest BCUT2D eigenvalue weighted by atomic mass is 9.76. The Morgan fingerprint density at radius 2 is 1.92 bits per heavy atom. The fourth-order valence-electron chi connectivity index (χ4n) is 3.96. The maximum absolute atomic E-state index is 11.6. The van der Waals surface area contributed by atoms with Crippen LogP contribution in [0.5, 0.6) is 11.5 Å². The van der Waals surface area contributed by atoms with Crippen LogP contribution in [0.3, 0.4) is 0 Å². The average Bonchev–Trinajstić information content (AvgIpc) is 2.87. The van der Waals surface area contributed by atoms with Crippen LogP contribution in [0.1, 0.15) is 25.0 Å². The molecule has 26 heavy (non-hydrogen) atoms. The van der Waals surface area contributed by atoms with E-state index < -0.39 is 22.9 Å². The van der Waals surface area contributed by atoms with E-state index in [4.69, 9.17) is 14.2 Å². The molecule has 1 aliphatic carbocycles. The second-order valence-electron chi connectivity index (χ2n) is 7.71. The lowest BCUT2D eigenvalue weighted by molar-refractivity contribution is -0.187. The summed E-state index contributed by atoms with van der Waals surface area (Å²) in [6, 6.07) is 3.53. The van der Waals surface area contributed by atoms with E-state index in [0.717, 1.165) is 5.56 Å². The molecule has 1 saturated heterocycles. The third-order valence-electron chi connectivity index (χ3n) is 5.31. The highest BCUT2D eigenvalue weighted by atomic mass is 16.6. The first kappa shape index (κ1) is 15.7. The van der Waals surface area contributed by atoms with Gasteiger partial charge in [-0.1, -0.05) is 6.08 Å². The number of ether oxygens (including phenoxy) is 3. The van der Waals surface area contributed by atoms with Crippen molar-refractivity contribution in [3.05, 3.63) is 53.3 Å². The van der Waals surface area contributed by atoms with Gasteiger partial charge >= 0.3 is 0 Å². The topological polar surface area (TPSA) is 85.2 Å². The molecule has 0 saturated carbocycles. The summed E-state index contributed by atoms with van der Waals surface area (Å²) in [5.41, 5.74) is -2.33. The van der Waals surface area contributed by atoms with Gasteiger partial charge < -0.3 is 24.4 Å². The zero-order chi connectivity index (χ0) is 18.3. The number of hydrogen-bond donors (Lipinski definition) is 2. The van der Waals surface area contributed by atoms with Gasteiger partial charge in [0.15, 0.2) is 23.1 Å². The van der Waals surface area contributed by atoms with Crippen molar-refractivity contribution >= 4 is 11.9 Å². The molecule has 2 N–H and O–H groups in total. The number of fused-ring (bicyclic) bond motifs is 6. The molecule has 1 aromatic carbocycles. The quantitative estimate of drug-likeness (QED) is 0.736. The van der Waals surface area contributed by atoms with Gasteiger partial charge in [0, 0.05) is 23.3 Å². The first-order valence-electron chi connectivity index (χ1n) is 8.48. The van der Waals surface area contributed by atoms with Gasteiger partial charge in [-0.25, -0.2) is 0 Å². The summed E-state index contributed by atoms with van der Waals surface area (Å²) >= 11 is 0. The van der Waals surface area contributed by atoms with E-state index in [1.54, 1.807) is 12.1 Å². The van der Waals surface area contributed by atoms with Crippen molar-refractivity contribution in [2.45, 2.75) is 36.8 Å². The van der Waals surface area contributed by atoms with Gasteiger partial charge in [0.25, 0.3) is 0 Å². The van der Waals surface area contributed by atoms with Crippen LogP contribution in [0.15, 0.2) is 42.2 Å². The van der Waals surface area contributed by atoms with Crippen LogP contribution >= 0.6 is 0 Å².